The fraction of sp³-hybridized carbons (Fsp3) is 0. The van der Waals surface area contributed by atoms with E-state index in [-0.39, 0.29) is 0 Å². The van der Waals surface area contributed by atoms with Gasteiger partial charge in [0.15, 0.2) is 0 Å². The van der Waals surface area contributed by atoms with E-state index in [1.807, 2.05) is 11.3 Å². The molecule has 0 saturated heterocycles. The maximum atomic E-state index is 2.45. The molecule has 0 atom stereocenters. The van der Waals surface area contributed by atoms with Crippen LogP contribution in [0.1, 0.15) is 0 Å². The van der Waals surface area contributed by atoms with Crippen molar-refractivity contribution in [1.29, 1.82) is 0 Å². The molecule has 0 radical (unpaired) electrons. The second-order valence-electron chi connectivity index (χ2n) is 15.2. The smallest absolute Gasteiger partial charge is 0.0640 e. The molecule has 1 aromatic heterocycles. The van der Waals surface area contributed by atoms with Gasteiger partial charge in [-0.15, -0.1) is 11.3 Å². The van der Waals surface area contributed by atoms with Crippen molar-refractivity contribution >= 4 is 59.3 Å². The second-order valence-corrected chi connectivity index (χ2v) is 16.2. The van der Waals surface area contributed by atoms with Gasteiger partial charge < -0.3 is 4.90 Å². The normalized spacial score (nSPS) is 11.3. The molecule has 2 heteroatoms. The van der Waals surface area contributed by atoms with Crippen LogP contribution in [0.3, 0.4) is 0 Å². The molecule has 0 unspecified atom stereocenters. The summed E-state index contributed by atoms with van der Waals surface area (Å²) in [6.45, 7) is 0. The summed E-state index contributed by atoms with van der Waals surface area (Å²) < 4.78 is 2.55. The Labute approximate surface area is 354 Å². The Kier molecular flexibility index (Phi) is 9.11. The van der Waals surface area contributed by atoms with E-state index in [1.165, 1.54) is 86.6 Å². The summed E-state index contributed by atoms with van der Waals surface area (Å²) in [4.78, 5) is 2.45. The summed E-state index contributed by atoms with van der Waals surface area (Å²) in [5, 5.41) is 5.06. The van der Waals surface area contributed by atoms with Crippen LogP contribution in [0.25, 0.3) is 86.6 Å². The molecule has 0 aliphatic rings. The van der Waals surface area contributed by atoms with E-state index < -0.39 is 0 Å². The van der Waals surface area contributed by atoms with Gasteiger partial charge in [0, 0.05) is 26.8 Å². The highest BCUT2D eigenvalue weighted by atomic mass is 32.1. The van der Waals surface area contributed by atoms with Crippen molar-refractivity contribution in [2.24, 2.45) is 0 Å². The topological polar surface area (TPSA) is 3.24 Å². The van der Waals surface area contributed by atoms with Crippen molar-refractivity contribution in [3.05, 3.63) is 237 Å². The minimum absolute atomic E-state index is 1.10. The predicted octanol–water partition coefficient (Wildman–Crippen LogP) is 17.0. The van der Waals surface area contributed by atoms with E-state index in [1.54, 1.807) is 0 Å². The molecule has 1 nitrogen and oxygen atoms in total. The lowest BCUT2D eigenvalue weighted by molar-refractivity contribution is 1.30. The van der Waals surface area contributed by atoms with Crippen LogP contribution in [-0.4, -0.2) is 0 Å². The highest BCUT2D eigenvalue weighted by molar-refractivity contribution is 7.27. The number of rotatable bonds is 8. The molecule has 0 aliphatic heterocycles. The van der Waals surface area contributed by atoms with Crippen molar-refractivity contribution in [2.75, 3.05) is 4.90 Å². The van der Waals surface area contributed by atoms with E-state index in [4.69, 9.17) is 0 Å². The van der Waals surface area contributed by atoms with Gasteiger partial charge in [0.2, 0.25) is 0 Å². The molecule has 282 valence electrons. The van der Waals surface area contributed by atoms with Crippen LogP contribution in [0.2, 0.25) is 0 Å². The van der Waals surface area contributed by atoms with E-state index in [0.717, 1.165) is 17.1 Å². The fourth-order valence-corrected chi connectivity index (χ4v) is 10.2. The maximum Gasteiger partial charge on any atom is 0.0640 e. The van der Waals surface area contributed by atoms with Crippen LogP contribution < -0.4 is 4.90 Å². The molecule has 0 spiro atoms. The summed E-state index contributed by atoms with van der Waals surface area (Å²) in [6, 6.07) is 86.0. The third-order valence-corrected chi connectivity index (χ3v) is 13.0. The highest BCUT2D eigenvalue weighted by Gasteiger charge is 2.22. The quantitative estimate of drug-likeness (QED) is 0.148. The lowest BCUT2D eigenvalue weighted by Gasteiger charge is -2.27. The number of anilines is 3. The summed E-state index contributed by atoms with van der Waals surface area (Å²) in [5.41, 5.74) is 15.6. The SMILES string of the molecule is c1ccc(-c2ccc(N(c3ccc(-c4cccc5cccc(-c6ccccc6)c45)cc3)c3ccc(-c4ccccc4)c4c3sc3c(-c5ccccc5)cccc34)cc2)cc1. The van der Waals surface area contributed by atoms with Gasteiger partial charge in [-0.25, -0.2) is 0 Å². The molecule has 11 rings (SSSR count). The first-order valence-electron chi connectivity index (χ1n) is 20.5. The van der Waals surface area contributed by atoms with E-state index in [0.29, 0.717) is 0 Å². The minimum atomic E-state index is 1.10. The molecule has 0 aliphatic carbocycles. The summed E-state index contributed by atoms with van der Waals surface area (Å²) in [5.74, 6) is 0. The Morgan fingerprint density at radius 3 is 1.23 bits per heavy atom. The van der Waals surface area contributed by atoms with E-state index in [2.05, 4.69) is 241 Å². The van der Waals surface area contributed by atoms with Crippen LogP contribution in [0.4, 0.5) is 17.1 Å². The average Bonchev–Trinajstić information content (AvgIpc) is 3.73. The Balaban J connectivity index is 1.12. The summed E-state index contributed by atoms with van der Waals surface area (Å²) in [7, 11) is 0. The zero-order chi connectivity index (χ0) is 39.8. The fourth-order valence-electron chi connectivity index (χ4n) is 8.86. The standard InChI is InChI=1S/C58H39NS/c1-5-16-40(17-6-1)41-30-34-47(35-31-41)59(48-36-32-45(33-37-48)50-27-14-25-46-24-13-26-49(55(46)50)42-18-7-2-8-19-42)54-39-38-51(43-20-9-3-10-21-43)56-53-29-15-28-52(57(53)60-58(54)56)44-22-11-4-12-23-44/h1-39H. The van der Waals surface area contributed by atoms with Gasteiger partial charge in [0.25, 0.3) is 0 Å². The lowest BCUT2D eigenvalue weighted by Crippen LogP contribution is -2.10. The van der Waals surface area contributed by atoms with Crippen LogP contribution >= 0.6 is 11.3 Å². The van der Waals surface area contributed by atoms with Crippen molar-refractivity contribution in [3.8, 4) is 55.6 Å². The number of nitrogens with zero attached hydrogens (tertiary/aromatic N) is 1. The third-order valence-electron chi connectivity index (χ3n) is 11.7. The number of thiophene rings is 1. The second kappa shape index (κ2) is 15.3. The van der Waals surface area contributed by atoms with Gasteiger partial charge in [0.05, 0.1) is 10.4 Å². The van der Waals surface area contributed by atoms with Crippen molar-refractivity contribution < 1.29 is 0 Å². The zero-order valence-corrected chi connectivity index (χ0v) is 33.7. The third kappa shape index (κ3) is 6.35. The Morgan fingerprint density at radius 2 is 0.683 bits per heavy atom. The molecule has 10 aromatic carbocycles. The van der Waals surface area contributed by atoms with Gasteiger partial charge in [-0.1, -0.05) is 206 Å². The van der Waals surface area contributed by atoms with Gasteiger partial charge in [0.1, 0.15) is 0 Å². The van der Waals surface area contributed by atoms with Crippen LogP contribution in [0.5, 0.6) is 0 Å². The minimum Gasteiger partial charge on any atom is -0.309 e. The molecule has 0 fully saturated rings. The van der Waals surface area contributed by atoms with Crippen molar-refractivity contribution in [3.63, 3.8) is 0 Å². The van der Waals surface area contributed by atoms with Crippen LogP contribution in [-0.2, 0) is 0 Å². The van der Waals surface area contributed by atoms with Gasteiger partial charge in [-0.2, -0.15) is 0 Å². The van der Waals surface area contributed by atoms with E-state index >= 15 is 0 Å². The molecule has 60 heavy (non-hydrogen) atoms. The largest absolute Gasteiger partial charge is 0.309 e. The molecule has 0 amide bonds. The lowest BCUT2D eigenvalue weighted by atomic mass is 9.91. The predicted molar refractivity (Wildman–Crippen MR) is 259 cm³/mol. The first-order chi connectivity index (χ1) is 29.8. The Hall–Kier alpha value is -7.52. The Morgan fingerprint density at radius 1 is 0.267 bits per heavy atom. The number of hydrogen-bond acceptors (Lipinski definition) is 2. The van der Waals surface area contributed by atoms with Gasteiger partial charge >= 0.3 is 0 Å². The summed E-state index contributed by atoms with van der Waals surface area (Å²) >= 11 is 1.90. The van der Waals surface area contributed by atoms with Crippen molar-refractivity contribution in [2.45, 2.75) is 0 Å². The molecule has 11 aromatic rings. The van der Waals surface area contributed by atoms with Crippen LogP contribution in [0.15, 0.2) is 237 Å². The van der Waals surface area contributed by atoms with E-state index in [9.17, 15) is 0 Å². The highest BCUT2D eigenvalue weighted by Crippen LogP contribution is 2.50. The molecule has 1 heterocycles. The van der Waals surface area contributed by atoms with Gasteiger partial charge in [-0.3, -0.25) is 0 Å². The molecule has 0 saturated carbocycles. The number of fused-ring (bicyclic) bond motifs is 4. The summed E-state index contributed by atoms with van der Waals surface area (Å²) in [6.07, 6.45) is 0. The monoisotopic (exact) mass is 781 g/mol. The maximum absolute atomic E-state index is 2.45. The number of benzene rings is 10. The molecule has 0 bridgehead atoms. The zero-order valence-electron chi connectivity index (χ0n) is 32.9. The van der Waals surface area contributed by atoms with Gasteiger partial charge in [-0.05, 0) is 96.7 Å². The first kappa shape index (κ1) is 35.6. The molecular weight excluding hydrogens is 743 g/mol. The molecule has 0 N–H and O–H groups in total. The molecular formula is C58H39NS. The first-order valence-corrected chi connectivity index (χ1v) is 21.3. The Bertz CT molecular complexity index is 3260. The van der Waals surface area contributed by atoms with Crippen molar-refractivity contribution in [1.82, 2.24) is 0 Å². The number of hydrogen-bond donors (Lipinski definition) is 0. The average molecular weight is 782 g/mol. The van der Waals surface area contributed by atoms with Crippen LogP contribution in [0, 0.1) is 0 Å².